The summed E-state index contributed by atoms with van der Waals surface area (Å²) in [7, 11) is 1.98. The van der Waals surface area contributed by atoms with Crippen molar-refractivity contribution in [2.75, 3.05) is 13.6 Å². The quantitative estimate of drug-likeness (QED) is 0.416. The highest BCUT2D eigenvalue weighted by Crippen LogP contribution is 1.84. The summed E-state index contributed by atoms with van der Waals surface area (Å²) in [5.41, 5.74) is 0. The molecular formula is C7H16N2. The van der Waals surface area contributed by atoms with Gasteiger partial charge in [-0.2, -0.15) is 5.10 Å². The summed E-state index contributed by atoms with van der Waals surface area (Å²) in [5.74, 6) is 0. The summed E-state index contributed by atoms with van der Waals surface area (Å²) in [6.07, 6.45) is 4.23. The number of nitrogens with zero attached hydrogens (tertiary/aromatic N) is 2. The Kier molecular flexibility index (Phi) is 5.27. The van der Waals surface area contributed by atoms with Crippen molar-refractivity contribution in [3.8, 4) is 0 Å². The Morgan fingerprint density at radius 3 is 2.56 bits per heavy atom. The van der Waals surface area contributed by atoms with Crippen molar-refractivity contribution in [1.29, 1.82) is 0 Å². The van der Waals surface area contributed by atoms with Crippen molar-refractivity contribution in [1.82, 2.24) is 5.01 Å². The maximum atomic E-state index is 4.14. The van der Waals surface area contributed by atoms with Crippen LogP contribution in [0.15, 0.2) is 5.10 Å². The van der Waals surface area contributed by atoms with Crippen LogP contribution < -0.4 is 0 Å². The molecule has 9 heavy (non-hydrogen) atoms. The number of rotatable bonds is 4. The Labute approximate surface area is 57.6 Å². The number of hydrazone groups is 1. The number of hydrogen-bond donors (Lipinski definition) is 0. The first-order valence-electron chi connectivity index (χ1n) is 3.54. The number of unbranched alkanes of at least 4 members (excludes halogenated alkanes) is 1. The summed E-state index contributed by atoms with van der Waals surface area (Å²) in [5, 5.41) is 6.07. The molecule has 0 unspecified atom stereocenters. The van der Waals surface area contributed by atoms with Gasteiger partial charge in [-0.15, -0.1) is 0 Å². The van der Waals surface area contributed by atoms with Crippen LogP contribution in [0.3, 0.4) is 0 Å². The van der Waals surface area contributed by atoms with Crippen molar-refractivity contribution < 1.29 is 0 Å². The lowest BCUT2D eigenvalue weighted by molar-refractivity contribution is 0.376. The van der Waals surface area contributed by atoms with E-state index in [1.165, 1.54) is 6.42 Å². The molecule has 0 aromatic carbocycles. The van der Waals surface area contributed by atoms with Crippen LogP contribution in [0.1, 0.15) is 26.7 Å². The molecule has 0 saturated heterocycles. The summed E-state index contributed by atoms with van der Waals surface area (Å²) in [6, 6.07) is 0. The van der Waals surface area contributed by atoms with E-state index in [-0.39, 0.29) is 0 Å². The highest BCUT2D eigenvalue weighted by Gasteiger charge is 1.80. The van der Waals surface area contributed by atoms with Gasteiger partial charge in [-0.25, -0.2) is 0 Å². The molecule has 0 radical (unpaired) electrons. The van der Waals surface area contributed by atoms with E-state index in [0.717, 1.165) is 13.0 Å². The van der Waals surface area contributed by atoms with Gasteiger partial charge in [0.05, 0.1) is 0 Å². The maximum absolute atomic E-state index is 4.14. The normalized spacial score (nSPS) is 10.6. The van der Waals surface area contributed by atoms with Gasteiger partial charge in [0.2, 0.25) is 0 Å². The molecule has 0 spiro atoms. The van der Waals surface area contributed by atoms with E-state index >= 15 is 0 Å². The van der Waals surface area contributed by atoms with Gasteiger partial charge in [0, 0.05) is 19.8 Å². The average molecular weight is 128 g/mol. The molecule has 0 fully saturated rings. The zero-order valence-electron chi connectivity index (χ0n) is 6.59. The monoisotopic (exact) mass is 128 g/mol. The van der Waals surface area contributed by atoms with E-state index in [4.69, 9.17) is 0 Å². The first kappa shape index (κ1) is 8.47. The molecule has 0 aliphatic carbocycles. The molecule has 0 atom stereocenters. The lowest BCUT2D eigenvalue weighted by Crippen LogP contribution is -2.09. The fourth-order valence-electron chi connectivity index (χ4n) is 0.408. The molecule has 0 heterocycles. The molecule has 0 aromatic heterocycles. The molecule has 0 aromatic rings. The molecule has 0 amide bonds. The highest BCUT2D eigenvalue weighted by molar-refractivity contribution is 5.56. The highest BCUT2D eigenvalue weighted by atomic mass is 15.4. The summed E-state index contributed by atoms with van der Waals surface area (Å²) in [6.45, 7) is 5.22. The second kappa shape index (κ2) is 5.60. The van der Waals surface area contributed by atoms with Crippen LogP contribution in [-0.4, -0.2) is 24.8 Å². The van der Waals surface area contributed by atoms with Crippen molar-refractivity contribution in [3.63, 3.8) is 0 Å². The van der Waals surface area contributed by atoms with E-state index < -0.39 is 0 Å². The van der Waals surface area contributed by atoms with E-state index in [1.807, 2.05) is 18.3 Å². The van der Waals surface area contributed by atoms with Crippen molar-refractivity contribution in [2.24, 2.45) is 5.10 Å². The van der Waals surface area contributed by atoms with Crippen molar-refractivity contribution in [2.45, 2.75) is 26.7 Å². The van der Waals surface area contributed by atoms with Crippen molar-refractivity contribution >= 4 is 6.21 Å². The Balaban J connectivity index is 3.20. The topological polar surface area (TPSA) is 15.6 Å². The van der Waals surface area contributed by atoms with Gasteiger partial charge >= 0.3 is 0 Å². The van der Waals surface area contributed by atoms with Crippen molar-refractivity contribution in [3.05, 3.63) is 0 Å². The zero-order chi connectivity index (χ0) is 7.11. The van der Waals surface area contributed by atoms with Crippen LogP contribution in [0.4, 0.5) is 0 Å². The molecule has 2 heteroatoms. The van der Waals surface area contributed by atoms with Gasteiger partial charge in [-0.1, -0.05) is 13.3 Å². The van der Waals surface area contributed by atoms with Crippen LogP contribution in [-0.2, 0) is 0 Å². The predicted molar refractivity (Wildman–Crippen MR) is 41.7 cm³/mol. The molecule has 0 aliphatic heterocycles. The van der Waals surface area contributed by atoms with E-state index in [9.17, 15) is 0 Å². The third-order valence-electron chi connectivity index (χ3n) is 1.15. The minimum absolute atomic E-state index is 0.986. The maximum Gasteiger partial charge on any atom is 0.0328 e. The third-order valence-corrected chi connectivity index (χ3v) is 1.15. The molecule has 54 valence electrons. The predicted octanol–water partition coefficient (Wildman–Crippen LogP) is 1.72. The van der Waals surface area contributed by atoms with Gasteiger partial charge in [0.15, 0.2) is 0 Å². The van der Waals surface area contributed by atoms with Crippen LogP contribution in [0.5, 0.6) is 0 Å². The summed E-state index contributed by atoms with van der Waals surface area (Å²) >= 11 is 0. The molecule has 0 saturated carbocycles. The molecule has 0 aliphatic rings. The van der Waals surface area contributed by atoms with Crippen LogP contribution in [0.2, 0.25) is 0 Å². The number of hydrogen-bond acceptors (Lipinski definition) is 2. The molecule has 2 nitrogen and oxygen atoms in total. The third kappa shape index (κ3) is 5.34. The van der Waals surface area contributed by atoms with Gasteiger partial charge < -0.3 is 5.01 Å². The Bertz CT molecular complexity index is 79.0. The first-order chi connectivity index (χ1) is 4.31. The molecule has 0 rings (SSSR count). The van der Waals surface area contributed by atoms with Gasteiger partial charge in [0.1, 0.15) is 0 Å². The Morgan fingerprint density at radius 2 is 2.11 bits per heavy atom. The minimum atomic E-state index is 0.986. The minimum Gasteiger partial charge on any atom is -0.301 e. The molecular weight excluding hydrogens is 112 g/mol. The van der Waals surface area contributed by atoms with Crippen LogP contribution >= 0.6 is 0 Å². The lowest BCUT2D eigenvalue weighted by Gasteiger charge is -2.06. The first-order valence-corrected chi connectivity index (χ1v) is 3.54. The van der Waals surface area contributed by atoms with E-state index in [0.29, 0.717) is 0 Å². The van der Waals surface area contributed by atoms with Gasteiger partial charge in [0.25, 0.3) is 0 Å². The largest absolute Gasteiger partial charge is 0.301 e. The second-order valence-corrected chi connectivity index (χ2v) is 2.06. The zero-order valence-corrected chi connectivity index (χ0v) is 6.59. The molecule has 0 N–H and O–H groups in total. The smallest absolute Gasteiger partial charge is 0.0328 e. The molecule has 0 bridgehead atoms. The van der Waals surface area contributed by atoms with Crippen LogP contribution in [0, 0.1) is 0 Å². The second-order valence-electron chi connectivity index (χ2n) is 2.06. The van der Waals surface area contributed by atoms with Crippen LogP contribution in [0.25, 0.3) is 0 Å². The lowest BCUT2D eigenvalue weighted by atomic mass is 10.4. The fourth-order valence-corrected chi connectivity index (χ4v) is 0.408. The Morgan fingerprint density at radius 1 is 1.44 bits per heavy atom. The SMILES string of the molecule is CCC/C=N\N(C)CC. The van der Waals surface area contributed by atoms with E-state index in [2.05, 4.69) is 18.9 Å². The van der Waals surface area contributed by atoms with Gasteiger partial charge in [-0.3, -0.25) is 0 Å². The van der Waals surface area contributed by atoms with E-state index in [1.54, 1.807) is 0 Å². The summed E-state index contributed by atoms with van der Waals surface area (Å²) in [4.78, 5) is 0. The Hall–Kier alpha value is -0.530. The standard InChI is InChI=1S/C7H16N2/c1-4-6-7-8-9(3)5-2/h7H,4-6H2,1-3H3/b8-7-. The van der Waals surface area contributed by atoms with Gasteiger partial charge in [-0.05, 0) is 13.3 Å². The summed E-state index contributed by atoms with van der Waals surface area (Å²) < 4.78 is 0. The fraction of sp³-hybridized carbons (Fsp3) is 0.857. The average Bonchev–Trinajstić information content (AvgIpc) is 1.89.